The number of hydrogen-bond acceptors (Lipinski definition) is 2. The van der Waals surface area contributed by atoms with Crippen molar-refractivity contribution in [3.05, 3.63) is 56.7 Å². The number of nitrogens with two attached hydrogens (primary N) is 1. The predicted molar refractivity (Wildman–Crippen MR) is 85.7 cm³/mol. The third-order valence-corrected chi connectivity index (χ3v) is 3.66. The van der Waals surface area contributed by atoms with Crippen LogP contribution in [-0.2, 0) is 6.42 Å². The summed E-state index contributed by atoms with van der Waals surface area (Å²) < 4.78 is 21.1. The molecule has 1 atom stereocenters. The Bertz CT molecular complexity index is 617. The maximum atomic E-state index is 13.7. The first-order valence-corrected chi connectivity index (χ1v) is 7.71. The Labute approximate surface area is 134 Å². The van der Waals surface area contributed by atoms with Crippen LogP contribution in [0.15, 0.2) is 45.3 Å². The zero-order chi connectivity index (χ0) is 14.7. The first-order valence-electron chi connectivity index (χ1n) is 6.12. The number of benzene rings is 2. The van der Waals surface area contributed by atoms with E-state index in [1.165, 1.54) is 6.07 Å². The largest absolute Gasteiger partial charge is 0.454 e. The maximum Gasteiger partial charge on any atom is 0.165 e. The monoisotopic (exact) mass is 401 g/mol. The highest BCUT2D eigenvalue weighted by Crippen LogP contribution is 2.31. The van der Waals surface area contributed by atoms with Crippen molar-refractivity contribution in [2.24, 2.45) is 5.73 Å². The van der Waals surface area contributed by atoms with E-state index in [1.807, 2.05) is 25.1 Å². The van der Waals surface area contributed by atoms with Crippen molar-refractivity contribution in [1.82, 2.24) is 0 Å². The van der Waals surface area contributed by atoms with Crippen LogP contribution in [0.4, 0.5) is 4.39 Å². The molecular formula is C15H14Br2FNO. The molecule has 0 spiro atoms. The average Bonchev–Trinajstić information content (AvgIpc) is 2.36. The molecule has 2 N–H and O–H groups in total. The molecule has 0 fully saturated rings. The number of hydrogen-bond donors (Lipinski definition) is 1. The van der Waals surface area contributed by atoms with Gasteiger partial charge in [0.05, 0.1) is 0 Å². The fraction of sp³-hybridized carbons (Fsp3) is 0.200. The third-order valence-electron chi connectivity index (χ3n) is 2.68. The molecule has 0 aliphatic rings. The summed E-state index contributed by atoms with van der Waals surface area (Å²) in [4.78, 5) is 0. The zero-order valence-electron chi connectivity index (χ0n) is 10.9. The van der Waals surface area contributed by atoms with Gasteiger partial charge in [-0.2, -0.15) is 0 Å². The molecule has 106 valence electrons. The molecule has 20 heavy (non-hydrogen) atoms. The second kappa shape index (κ2) is 6.70. The molecule has 5 heteroatoms. The topological polar surface area (TPSA) is 35.2 Å². The predicted octanol–water partition coefficient (Wildman–Crippen LogP) is 5.03. The minimum Gasteiger partial charge on any atom is -0.454 e. The van der Waals surface area contributed by atoms with Crippen LogP contribution >= 0.6 is 31.9 Å². The summed E-state index contributed by atoms with van der Waals surface area (Å²) >= 11 is 6.73. The Morgan fingerprint density at radius 1 is 1.10 bits per heavy atom. The van der Waals surface area contributed by atoms with Crippen LogP contribution in [0.5, 0.6) is 11.5 Å². The molecule has 1 unspecified atom stereocenters. The van der Waals surface area contributed by atoms with Gasteiger partial charge in [-0.1, -0.05) is 31.9 Å². The van der Waals surface area contributed by atoms with E-state index in [9.17, 15) is 4.39 Å². The van der Waals surface area contributed by atoms with Gasteiger partial charge in [-0.25, -0.2) is 4.39 Å². The summed E-state index contributed by atoms with van der Waals surface area (Å²) in [5, 5.41) is 0. The van der Waals surface area contributed by atoms with Gasteiger partial charge in [0.1, 0.15) is 5.75 Å². The molecule has 2 nitrogen and oxygen atoms in total. The summed E-state index contributed by atoms with van der Waals surface area (Å²) in [7, 11) is 0. The molecule has 0 amide bonds. The highest BCUT2D eigenvalue weighted by atomic mass is 79.9. The quantitative estimate of drug-likeness (QED) is 0.777. The molecule has 2 aromatic carbocycles. The van der Waals surface area contributed by atoms with Crippen LogP contribution in [0.3, 0.4) is 0 Å². The Kier molecular flexibility index (Phi) is 5.18. The zero-order valence-corrected chi connectivity index (χ0v) is 14.0. The van der Waals surface area contributed by atoms with Crippen molar-refractivity contribution in [2.45, 2.75) is 19.4 Å². The summed E-state index contributed by atoms with van der Waals surface area (Å²) in [6.07, 6.45) is 0.657. The van der Waals surface area contributed by atoms with Crippen LogP contribution in [0.25, 0.3) is 0 Å². The summed E-state index contributed by atoms with van der Waals surface area (Å²) in [5.74, 6) is 0.401. The van der Waals surface area contributed by atoms with Gasteiger partial charge in [0.15, 0.2) is 11.6 Å². The molecular weight excluding hydrogens is 389 g/mol. The summed E-state index contributed by atoms with van der Waals surface area (Å²) in [6, 6.07) is 10.2. The molecule has 0 aromatic heterocycles. The van der Waals surface area contributed by atoms with E-state index in [1.54, 1.807) is 12.1 Å². The van der Waals surface area contributed by atoms with E-state index >= 15 is 0 Å². The lowest BCUT2D eigenvalue weighted by Crippen LogP contribution is -2.18. The van der Waals surface area contributed by atoms with E-state index in [2.05, 4.69) is 31.9 Å². The van der Waals surface area contributed by atoms with Gasteiger partial charge in [0.2, 0.25) is 0 Å². The van der Waals surface area contributed by atoms with Crippen molar-refractivity contribution < 1.29 is 9.13 Å². The van der Waals surface area contributed by atoms with E-state index in [-0.39, 0.29) is 11.8 Å². The van der Waals surface area contributed by atoms with Gasteiger partial charge in [0, 0.05) is 15.0 Å². The van der Waals surface area contributed by atoms with Crippen molar-refractivity contribution in [3.63, 3.8) is 0 Å². The van der Waals surface area contributed by atoms with Crippen LogP contribution in [-0.4, -0.2) is 6.04 Å². The van der Waals surface area contributed by atoms with Crippen LogP contribution in [0.2, 0.25) is 0 Å². The van der Waals surface area contributed by atoms with Crippen LogP contribution in [0.1, 0.15) is 12.5 Å². The molecule has 0 heterocycles. The Hall–Kier alpha value is -0.910. The normalized spacial score (nSPS) is 12.2. The van der Waals surface area contributed by atoms with Crippen LogP contribution in [0, 0.1) is 5.82 Å². The minimum atomic E-state index is -0.400. The van der Waals surface area contributed by atoms with Gasteiger partial charge >= 0.3 is 0 Å². The highest BCUT2D eigenvalue weighted by Gasteiger charge is 2.11. The number of ether oxygens (including phenoxy) is 1. The fourth-order valence-electron chi connectivity index (χ4n) is 1.83. The number of halogens is 3. The molecule has 2 aromatic rings. The molecule has 2 rings (SSSR count). The fourth-order valence-corrected chi connectivity index (χ4v) is 2.58. The molecule has 0 aliphatic carbocycles. The van der Waals surface area contributed by atoms with E-state index in [0.29, 0.717) is 12.2 Å². The molecule has 0 saturated carbocycles. The van der Waals surface area contributed by atoms with Gasteiger partial charge < -0.3 is 10.5 Å². The first kappa shape index (κ1) is 15.5. The smallest absolute Gasteiger partial charge is 0.165 e. The third kappa shape index (κ3) is 4.04. The first-order chi connectivity index (χ1) is 9.45. The van der Waals surface area contributed by atoms with E-state index < -0.39 is 5.82 Å². The molecule has 0 bridgehead atoms. The average molecular weight is 403 g/mol. The van der Waals surface area contributed by atoms with Crippen molar-refractivity contribution in [3.8, 4) is 11.5 Å². The van der Waals surface area contributed by atoms with Crippen molar-refractivity contribution >= 4 is 31.9 Å². The van der Waals surface area contributed by atoms with Crippen LogP contribution < -0.4 is 10.5 Å². The second-order valence-corrected chi connectivity index (χ2v) is 6.44. The number of rotatable bonds is 4. The maximum absolute atomic E-state index is 13.7. The van der Waals surface area contributed by atoms with Gasteiger partial charge in [-0.05, 0) is 55.3 Å². The molecule has 0 aliphatic heterocycles. The van der Waals surface area contributed by atoms with Gasteiger partial charge in [-0.15, -0.1) is 0 Å². The summed E-state index contributed by atoms with van der Waals surface area (Å²) in [5.41, 5.74) is 6.78. The lowest BCUT2D eigenvalue weighted by atomic mass is 10.1. The minimum absolute atomic E-state index is 0.000920. The molecule has 0 saturated heterocycles. The van der Waals surface area contributed by atoms with Gasteiger partial charge in [0.25, 0.3) is 0 Å². The standard InChI is InChI=1S/C15H14Br2FNO/c1-9(19)6-10-7-11(16)3-5-14(10)20-15-8-12(17)2-4-13(15)18/h2-5,7-9H,6,19H2,1H3. The van der Waals surface area contributed by atoms with Gasteiger partial charge in [-0.3, -0.25) is 0 Å². The van der Waals surface area contributed by atoms with Crippen molar-refractivity contribution in [1.29, 1.82) is 0 Å². The second-order valence-electron chi connectivity index (χ2n) is 4.61. The van der Waals surface area contributed by atoms with Crippen molar-refractivity contribution in [2.75, 3.05) is 0 Å². The van der Waals surface area contributed by atoms with E-state index in [4.69, 9.17) is 10.5 Å². The summed E-state index contributed by atoms with van der Waals surface area (Å²) in [6.45, 7) is 1.92. The highest BCUT2D eigenvalue weighted by molar-refractivity contribution is 9.10. The lowest BCUT2D eigenvalue weighted by molar-refractivity contribution is 0.436. The Morgan fingerprint density at radius 2 is 1.75 bits per heavy atom. The SMILES string of the molecule is CC(N)Cc1cc(Br)ccc1Oc1cc(Br)ccc1F. The van der Waals surface area contributed by atoms with E-state index in [0.717, 1.165) is 14.5 Å². The Morgan fingerprint density at radius 3 is 2.45 bits per heavy atom. The lowest BCUT2D eigenvalue weighted by Gasteiger charge is -2.14. The Balaban J connectivity index is 2.35. The molecule has 0 radical (unpaired) electrons.